The molecule has 3 aromatic rings. The standard InChI is InChI=1S/C21H23N3O4/c1-27-19-9-15-14-6-2-3-7-17(14)28-18(15)10-16(19)23-11-20(25)24-8-4-5-13(12-24)21(22)26/h2-3,6-7,9-10,13,23H,4-5,8,11-12H2,1H3,(H2,22,26). The van der Waals surface area contributed by atoms with Gasteiger partial charge in [0.25, 0.3) is 0 Å². The molecule has 1 aliphatic heterocycles. The minimum atomic E-state index is -0.345. The van der Waals surface area contributed by atoms with E-state index in [4.69, 9.17) is 14.9 Å². The second-order valence-electron chi connectivity index (χ2n) is 7.08. The van der Waals surface area contributed by atoms with Crippen molar-refractivity contribution in [2.75, 3.05) is 32.1 Å². The first kappa shape index (κ1) is 18.2. The van der Waals surface area contributed by atoms with Gasteiger partial charge in [0.05, 0.1) is 25.3 Å². The third-order valence-electron chi connectivity index (χ3n) is 5.31. The number of methoxy groups -OCH3 is 1. The van der Waals surface area contributed by atoms with Gasteiger partial charge in [-0.15, -0.1) is 0 Å². The molecule has 7 heteroatoms. The van der Waals surface area contributed by atoms with E-state index in [2.05, 4.69) is 5.32 Å². The Labute approximate surface area is 162 Å². The number of nitrogens with two attached hydrogens (primary N) is 1. The predicted molar refractivity (Wildman–Crippen MR) is 107 cm³/mol. The number of para-hydroxylation sites is 1. The van der Waals surface area contributed by atoms with Gasteiger partial charge >= 0.3 is 0 Å². The molecule has 1 unspecified atom stereocenters. The maximum atomic E-state index is 12.6. The van der Waals surface area contributed by atoms with Crippen molar-refractivity contribution in [1.29, 1.82) is 0 Å². The van der Waals surface area contributed by atoms with Crippen molar-refractivity contribution >= 4 is 39.4 Å². The van der Waals surface area contributed by atoms with Gasteiger partial charge in [0.2, 0.25) is 11.8 Å². The highest BCUT2D eigenvalue weighted by molar-refractivity contribution is 6.06. The van der Waals surface area contributed by atoms with Gasteiger partial charge in [0.1, 0.15) is 16.9 Å². The molecule has 1 saturated heterocycles. The van der Waals surface area contributed by atoms with Crippen LogP contribution in [0.1, 0.15) is 12.8 Å². The van der Waals surface area contributed by atoms with E-state index in [0.717, 1.165) is 34.8 Å². The molecular formula is C21H23N3O4. The number of amides is 2. The Hall–Kier alpha value is -3.22. The van der Waals surface area contributed by atoms with Gasteiger partial charge < -0.3 is 25.1 Å². The maximum Gasteiger partial charge on any atom is 0.241 e. The molecule has 1 fully saturated rings. The van der Waals surface area contributed by atoms with Crippen LogP contribution in [0.3, 0.4) is 0 Å². The molecule has 1 aromatic heterocycles. The highest BCUT2D eigenvalue weighted by atomic mass is 16.5. The molecule has 2 aromatic carbocycles. The lowest BCUT2D eigenvalue weighted by molar-refractivity contribution is -0.133. The lowest BCUT2D eigenvalue weighted by Crippen LogP contribution is -2.45. The summed E-state index contributed by atoms with van der Waals surface area (Å²) in [6.07, 6.45) is 1.52. The number of primary amides is 1. The van der Waals surface area contributed by atoms with Gasteiger partial charge in [-0.3, -0.25) is 9.59 Å². The van der Waals surface area contributed by atoms with E-state index in [-0.39, 0.29) is 24.3 Å². The molecule has 1 aliphatic rings. The fourth-order valence-corrected chi connectivity index (χ4v) is 3.78. The van der Waals surface area contributed by atoms with E-state index in [9.17, 15) is 9.59 Å². The zero-order valence-corrected chi connectivity index (χ0v) is 15.7. The summed E-state index contributed by atoms with van der Waals surface area (Å²) in [7, 11) is 1.60. The zero-order valence-electron chi connectivity index (χ0n) is 15.7. The number of nitrogens with zero attached hydrogens (tertiary/aromatic N) is 1. The highest BCUT2D eigenvalue weighted by Gasteiger charge is 2.26. The van der Waals surface area contributed by atoms with Crippen LogP contribution in [0.4, 0.5) is 5.69 Å². The number of benzene rings is 2. The molecule has 2 amide bonds. The van der Waals surface area contributed by atoms with Crippen LogP contribution in [0.2, 0.25) is 0 Å². The first-order valence-corrected chi connectivity index (χ1v) is 9.37. The number of furan rings is 1. The summed E-state index contributed by atoms with van der Waals surface area (Å²) >= 11 is 0. The highest BCUT2D eigenvalue weighted by Crippen LogP contribution is 2.36. The molecule has 7 nitrogen and oxygen atoms in total. The summed E-state index contributed by atoms with van der Waals surface area (Å²) < 4.78 is 11.4. The average Bonchev–Trinajstić information content (AvgIpc) is 3.08. The zero-order chi connectivity index (χ0) is 19.7. The van der Waals surface area contributed by atoms with Crippen molar-refractivity contribution in [3.8, 4) is 5.75 Å². The summed E-state index contributed by atoms with van der Waals surface area (Å²) in [6, 6.07) is 11.6. The van der Waals surface area contributed by atoms with E-state index < -0.39 is 0 Å². The van der Waals surface area contributed by atoms with Crippen molar-refractivity contribution in [3.63, 3.8) is 0 Å². The number of hydrogen-bond donors (Lipinski definition) is 2. The largest absolute Gasteiger partial charge is 0.495 e. The number of ether oxygens (including phenoxy) is 1. The molecule has 146 valence electrons. The third kappa shape index (κ3) is 3.35. The summed E-state index contributed by atoms with van der Waals surface area (Å²) in [5.41, 5.74) is 7.61. The first-order valence-electron chi connectivity index (χ1n) is 9.37. The van der Waals surface area contributed by atoms with E-state index in [1.807, 2.05) is 36.4 Å². The van der Waals surface area contributed by atoms with E-state index in [1.165, 1.54) is 0 Å². The molecule has 2 heterocycles. The third-order valence-corrected chi connectivity index (χ3v) is 5.31. The second kappa shape index (κ2) is 7.42. The van der Waals surface area contributed by atoms with Gasteiger partial charge in [0.15, 0.2) is 0 Å². The van der Waals surface area contributed by atoms with Gasteiger partial charge in [0, 0.05) is 29.9 Å². The van der Waals surface area contributed by atoms with Crippen LogP contribution < -0.4 is 15.8 Å². The molecular weight excluding hydrogens is 358 g/mol. The number of likely N-dealkylation sites (tertiary alicyclic amines) is 1. The monoisotopic (exact) mass is 381 g/mol. The normalized spacial score (nSPS) is 17.0. The van der Waals surface area contributed by atoms with E-state index in [0.29, 0.717) is 24.5 Å². The van der Waals surface area contributed by atoms with E-state index in [1.54, 1.807) is 12.0 Å². The summed E-state index contributed by atoms with van der Waals surface area (Å²) in [6.45, 7) is 1.13. The van der Waals surface area contributed by atoms with Crippen LogP contribution >= 0.6 is 0 Å². The Morgan fingerprint density at radius 3 is 2.86 bits per heavy atom. The van der Waals surface area contributed by atoms with Crippen LogP contribution in [-0.2, 0) is 9.59 Å². The van der Waals surface area contributed by atoms with Crippen molar-refractivity contribution in [2.45, 2.75) is 12.8 Å². The summed E-state index contributed by atoms with van der Waals surface area (Å²) in [4.78, 5) is 25.7. The second-order valence-corrected chi connectivity index (χ2v) is 7.08. The molecule has 4 rings (SSSR count). The van der Waals surface area contributed by atoms with Crippen molar-refractivity contribution in [3.05, 3.63) is 36.4 Å². The fourth-order valence-electron chi connectivity index (χ4n) is 3.78. The van der Waals surface area contributed by atoms with Gasteiger partial charge in [-0.1, -0.05) is 18.2 Å². The van der Waals surface area contributed by atoms with Crippen molar-refractivity contribution < 1.29 is 18.7 Å². The lowest BCUT2D eigenvalue weighted by atomic mass is 9.97. The Kier molecular flexibility index (Phi) is 4.81. The SMILES string of the molecule is COc1cc2c(cc1NCC(=O)N1CCCC(C(N)=O)C1)oc1ccccc12. The number of piperidine rings is 1. The fraction of sp³-hybridized carbons (Fsp3) is 0.333. The molecule has 1 atom stereocenters. The topological polar surface area (TPSA) is 97.8 Å². The molecule has 28 heavy (non-hydrogen) atoms. The smallest absolute Gasteiger partial charge is 0.241 e. The van der Waals surface area contributed by atoms with Crippen LogP contribution in [0, 0.1) is 5.92 Å². The maximum absolute atomic E-state index is 12.6. The Morgan fingerprint density at radius 1 is 1.25 bits per heavy atom. The van der Waals surface area contributed by atoms with Gasteiger partial charge in [-0.2, -0.15) is 0 Å². The first-order chi connectivity index (χ1) is 13.6. The van der Waals surface area contributed by atoms with Crippen LogP contribution in [-0.4, -0.2) is 43.5 Å². The average molecular weight is 381 g/mol. The predicted octanol–water partition coefficient (Wildman–Crippen LogP) is 2.73. The van der Waals surface area contributed by atoms with Crippen LogP contribution in [0.15, 0.2) is 40.8 Å². The number of anilines is 1. The number of rotatable bonds is 5. The number of carbonyl (C=O) groups excluding carboxylic acids is 2. The van der Waals surface area contributed by atoms with Gasteiger partial charge in [-0.05, 0) is 25.0 Å². The number of fused-ring (bicyclic) bond motifs is 3. The minimum absolute atomic E-state index is 0.0716. The van der Waals surface area contributed by atoms with Crippen LogP contribution in [0.5, 0.6) is 5.75 Å². The van der Waals surface area contributed by atoms with Gasteiger partial charge in [-0.25, -0.2) is 0 Å². The number of hydrogen-bond acceptors (Lipinski definition) is 5. The Balaban J connectivity index is 1.53. The molecule has 0 bridgehead atoms. The summed E-state index contributed by atoms with van der Waals surface area (Å²) in [5, 5.41) is 5.13. The molecule has 0 spiro atoms. The minimum Gasteiger partial charge on any atom is -0.495 e. The van der Waals surface area contributed by atoms with E-state index >= 15 is 0 Å². The quantitative estimate of drug-likeness (QED) is 0.708. The Morgan fingerprint density at radius 2 is 2.07 bits per heavy atom. The number of nitrogens with one attached hydrogen (secondary N) is 1. The lowest BCUT2D eigenvalue weighted by Gasteiger charge is -2.31. The number of carbonyl (C=O) groups is 2. The molecule has 0 saturated carbocycles. The molecule has 0 radical (unpaired) electrons. The summed E-state index contributed by atoms with van der Waals surface area (Å²) in [5.74, 6) is -0.0418. The Bertz CT molecular complexity index is 1040. The molecule has 0 aliphatic carbocycles. The van der Waals surface area contributed by atoms with Crippen LogP contribution in [0.25, 0.3) is 21.9 Å². The van der Waals surface area contributed by atoms with Crippen molar-refractivity contribution in [1.82, 2.24) is 4.90 Å². The van der Waals surface area contributed by atoms with Crippen molar-refractivity contribution in [2.24, 2.45) is 11.7 Å². The molecule has 3 N–H and O–H groups in total.